The van der Waals surface area contributed by atoms with Crippen molar-refractivity contribution < 1.29 is 9.18 Å². The molecule has 0 unspecified atom stereocenters. The monoisotopic (exact) mass is 422 g/mol. The number of amides is 1. The van der Waals surface area contributed by atoms with Gasteiger partial charge in [-0.25, -0.2) is 14.8 Å². The summed E-state index contributed by atoms with van der Waals surface area (Å²) < 4.78 is 15.7. The molecule has 2 heterocycles. The maximum atomic E-state index is 15.7. The Labute approximate surface area is 181 Å². The molecule has 0 aliphatic rings. The summed E-state index contributed by atoms with van der Waals surface area (Å²) in [6.45, 7) is 3.95. The highest BCUT2D eigenvalue weighted by molar-refractivity contribution is 5.92. The molecule has 0 saturated heterocycles. The van der Waals surface area contributed by atoms with Crippen LogP contribution in [0.1, 0.15) is 37.0 Å². The van der Waals surface area contributed by atoms with Gasteiger partial charge in [-0.15, -0.1) is 0 Å². The van der Waals surface area contributed by atoms with Crippen LogP contribution in [0, 0.1) is 5.82 Å². The van der Waals surface area contributed by atoms with Crippen molar-refractivity contribution in [3.05, 3.63) is 72.4 Å². The Hall–Kier alpha value is -3.36. The summed E-state index contributed by atoms with van der Waals surface area (Å²) in [5.74, 6) is -0.649. The molecular weight excluding hydrogens is 395 g/mol. The molecule has 1 amide bonds. The zero-order chi connectivity index (χ0) is 22.4. The van der Waals surface area contributed by atoms with Crippen molar-refractivity contribution in [1.29, 1.82) is 0 Å². The molecule has 0 spiro atoms. The molecule has 2 aromatic heterocycles. The summed E-state index contributed by atoms with van der Waals surface area (Å²) in [6, 6.07) is 12.0. The second-order valence-electron chi connectivity index (χ2n) is 7.37. The van der Waals surface area contributed by atoms with Crippen LogP contribution in [-0.4, -0.2) is 28.0 Å². The minimum Gasteiger partial charge on any atom is -0.366 e. The molecule has 0 radical (unpaired) electrons. The number of hydrogen-bond acceptors (Lipinski definition) is 6. The average Bonchev–Trinajstić information content (AvgIpc) is 2.77. The Morgan fingerprint density at radius 2 is 1.90 bits per heavy atom. The Kier molecular flexibility index (Phi) is 7.28. The molecule has 0 aliphatic carbocycles. The van der Waals surface area contributed by atoms with Gasteiger partial charge in [0.15, 0.2) is 5.82 Å². The first-order chi connectivity index (χ1) is 14.9. The number of nitrogens with one attached hydrogen (secondary N) is 1. The molecule has 8 heteroatoms. The van der Waals surface area contributed by atoms with E-state index in [9.17, 15) is 4.79 Å². The fraction of sp³-hybridized carbons (Fsp3) is 0.261. The van der Waals surface area contributed by atoms with E-state index in [0.29, 0.717) is 16.9 Å². The number of benzene rings is 1. The highest BCUT2D eigenvalue weighted by atomic mass is 19.1. The number of carbonyl (C=O) groups is 1. The van der Waals surface area contributed by atoms with Crippen molar-refractivity contribution in [2.75, 3.05) is 5.01 Å². The topological polar surface area (TPSA) is 110 Å². The van der Waals surface area contributed by atoms with Gasteiger partial charge in [0, 0.05) is 30.0 Å². The van der Waals surface area contributed by atoms with Crippen LogP contribution >= 0.6 is 0 Å². The predicted molar refractivity (Wildman–Crippen MR) is 120 cm³/mol. The number of aromatic nitrogens is 2. The van der Waals surface area contributed by atoms with Crippen LogP contribution in [0.3, 0.4) is 0 Å². The van der Waals surface area contributed by atoms with E-state index in [-0.39, 0.29) is 23.3 Å². The van der Waals surface area contributed by atoms with Crippen LogP contribution in [0.5, 0.6) is 0 Å². The Bertz CT molecular complexity index is 1010. The molecule has 0 saturated carbocycles. The molecule has 0 fully saturated rings. The number of rotatable bonds is 9. The number of pyridine rings is 2. The van der Waals surface area contributed by atoms with E-state index in [2.05, 4.69) is 22.3 Å². The van der Waals surface area contributed by atoms with E-state index in [1.165, 1.54) is 23.6 Å². The highest BCUT2D eigenvalue weighted by Gasteiger charge is 2.23. The van der Waals surface area contributed by atoms with Crippen LogP contribution in [0.15, 0.2) is 61.1 Å². The van der Waals surface area contributed by atoms with Crippen molar-refractivity contribution in [3.63, 3.8) is 0 Å². The lowest BCUT2D eigenvalue weighted by molar-refractivity contribution is 0.1000. The summed E-state index contributed by atoms with van der Waals surface area (Å²) in [5.41, 5.74) is 16.3. The lowest BCUT2D eigenvalue weighted by Crippen LogP contribution is -2.50. The Balaban J connectivity index is 2.08. The number of halogens is 1. The molecular formula is C23H27FN6O. The first kappa shape index (κ1) is 22.3. The normalized spacial score (nSPS) is 12.9. The SMILES string of the molecule is CCC[C@@H](NN(c1ccc(C(N)=O)cn1)c1cncc(-c2ccccc2)c1F)[C@H](C)N. The molecule has 5 N–H and O–H groups in total. The first-order valence-corrected chi connectivity index (χ1v) is 10.2. The van der Waals surface area contributed by atoms with Crippen LogP contribution < -0.4 is 21.9 Å². The first-order valence-electron chi connectivity index (χ1n) is 10.2. The predicted octanol–water partition coefficient (Wildman–Crippen LogP) is 3.54. The molecule has 1 aromatic carbocycles. The van der Waals surface area contributed by atoms with Crippen molar-refractivity contribution >= 4 is 17.4 Å². The van der Waals surface area contributed by atoms with Crippen LogP contribution in [0.25, 0.3) is 11.1 Å². The number of nitrogens with two attached hydrogens (primary N) is 2. The number of anilines is 2. The summed E-state index contributed by atoms with van der Waals surface area (Å²) in [5, 5.41) is 1.53. The fourth-order valence-corrected chi connectivity index (χ4v) is 3.25. The summed E-state index contributed by atoms with van der Waals surface area (Å²) in [4.78, 5) is 20.0. The maximum absolute atomic E-state index is 15.7. The van der Waals surface area contributed by atoms with E-state index in [1.807, 2.05) is 37.3 Å². The minimum atomic E-state index is -0.586. The van der Waals surface area contributed by atoms with Crippen molar-refractivity contribution in [2.24, 2.45) is 11.5 Å². The second kappa shape index (κ2) is 10.1. The zero-order valence-electron chi connectivity index (χ0n) is 17.6. The molecule has 2 atom stereocenters. The summed E-state index contributed by atoms with van der Waals surface area (Å²) >= 11 is 0. The largest absolute Gasteiger partial charge is 0.366 e. The Morgan fingerprint density at radius 1 is 1.16 bits per heavy atom. The quantitative estimate of drug-likeness (QED) is 0.455. The van der Waals surface area contributed by atoms with Crippen LogP contribution in [0.2, 0.25) is 0 Å². The van der Waals surface area contributed by atoms with Gasteiger partial charge < -0.3 is 11.5 Å². The summed E-state index contributed by atoms with van der Waals surface area (Å²) in [6.07, 6.45) is 5.96. The van der Waals surface area contributed by atoms with E-state index >= 15 is 4.39 Å². The summed E-state index contributed by atoms with van der Waals surface area (Å²) in [7, 11) is 0. The van der Waals surface area contributed by atoms with Gasteiger partial charge in [-0.05, 0) is 31.0 Å². The second-order valence-corrected chi connectivity index (χ2v) is 7.37. The van der Waals surface area contributed by atoms with Crippen molar-refractivity contribution in [1.82, 2.24) is 15.4 Å². The maximum Gasteiger partial charge on any atom is 0.250 e. The van der Waals surface area contributed by atoms with Gasteiger partial charge in [-0.1, -0.05) is 43.7 Å². The Morgan fingerprint density at radius 3 is 2.48 bits per heavy atom. The molecule has 31 heavy (non-hydrogen) atoms. The van der Waals surface area contributed by atoms with Gasteiger partial charge in [0.25, 0.3) is 0 Å². The molecule has 7 nitrogen and oxygen atoms in total. The van der Waals surface area contributed by atoms with Crippen LogP contribution in [0.4, 0.5) is 15.9 Å². The third-order valence-electron chi connectivity index (χ3n) is 4.98. The van der Waals surface area contributed by atoms with E-state index < -0.39 is 11.7 Å². The molecule has 3 aromatic rings. The van der Waals surface area contributed by atoms with E-state index in [1.54, 1.807) is 12.1 Å². The van der Waals surface area contributed by atoms with Crippen LogP contribution in [-0.2, 0) is 0 Å². The third kappa shape index (κ3) is 5.22. The van der Waals surface area contributed by atoms with Crippen molar-refractivity contribution in [3.8, 4) is 11.1 Å². The highest BCUT2D eigenvalue weighted by Crippen LogP contribution is 2.31. The van der Waals surface area contributed by atoms with Gasteiger partial charge in [0.1, 0.15) is 11.5 Å². The lowest BCUT2D eigenvalue weighted by atomic mass is 10.1. The zero-order valence-corrected chi connectivity index (χ0v) is 17.6. The smallest absolute Gasteiger partial charge is 0.250 e. The van der Waals surface area contributed by atoms with E-state index in [0.717, 1.165) is 12.8 Å². The number of nitrogens with zero attached hydrogens (tertiary/aromatic N) is 3. The van der Waals surface area contributed by atoms with E-state index in [4.69, 9.17) is 11.5 Å². The van der Waals surface area contributed by atoms with Gasteiger partial charge in [-0.3, -0.25) is 14.8 Å². The minimum absolute atomic E-state index is 0.137. The average molecular weight is 423 g/mol. The third-order valence-corrected chi connectivity index (χ3v) is 4.98. The van der Waals surface area contributed by atoms with Gasteiger partial charge in [-0.2, -0.15) is 0 Å². The lowest BCUT2D eigenvalue weighted by Gasteiger charge is -2.32. The van der Waals surface area contributed by atoms with Crippen molar-refractivity contribution in [2.45, 2.75) is 38.8 Å². The van der Waals surface area contributed by atoms with Gasteiger partial charge in [0.2, 0.25) is 5.91 Å². The number of carbonyl (C=O) groups excluding carboxylic acids is 1. The molecule has 3 rings (SSSR count). The number of hydrazine groups is 1. The molecule has 0 aliphatic heterocycles. The molecule has 0 bridgehead atoms. The number of hydrogen-bond donors (Lipinski definition) is 3. The molecule has 162 valence electrons. The number of primary amides is 1. The van der Waals surface area contributed by atoms with Gasteiger partial charge >= 0.3 is 0 Å². The fourth-order valence-electron chi connectivity index (χ4n) is 3.25. The standard InChI is InChI=1S/C23H27FN6O/c1-3-7-19(15(2)25)29-30(21-11-10-17(12-28-21)23(26)31)20-14-27-13-18(22(20)24)16-8-5-4-6-9-16/h4-6,8-15,19,29H,3,7,25H2,1-2H3,(H2,26,31)/t15-,19+/m0/s1. The van der Waals surface area contributed by atoms with Gasteiger partial charge in [0.05, 0.1) is 11.8 Å².